The van der Waals surface area contributed by atoms with Crippen LogP contribution in [0.3, 0.4) is 0 Å². The van der Waals surface area contributed by atoms with Crippen molar-refractivity contribution in [1.29, 1.82) is 0 Å². The summed E-state index contributed by atoms with van der Waals surface area (Å²) in [6, 6.07) is -0.191. The van der Waals surface area contributed by atoms with E-state index in [4.69, 9.17) is 4.84 Å². The highest BCUT2D eigenvalue weighted by Gasteiger charge is 2.32. The summed E-state index contributed by atoms with van der Waals surface area (Å²) in [4.78, 5) is 31.7. The first kappa shape index (κ1) is 15.1. The van der Waals surface area contributed by atoms with Gasteiger partial charge in [-0.3, -0.25) is 9.59 Å². The molecule has 4 rings (SSSR count). The number of hydrogen-bond acceptors (Lipinski definition) is 5. The van der Waals surface area contributed by atoms with Crippen LogP contribution >= 0.6 is 11.3 Å². The maximum atomic E-state index is 12.7. The summed E-state index contributed by atoms with van der Waals surface area (Å²) in [6.07, 6.45) is 5.91. The minimum atomic E-state index is -0.389. The van der Waals surface area contributed by atoms with Crippen LogP contribution in [0, 0.1) is 0 Å². The Bertz CT molecular complexity index is 637. The van der Waals surface area contributed by atoms with Crippen molar-refractivity contribution in [2.75, 3.05) is 13.2 Å². The number of fused-ring (bicyclic) bond motifs is 1. The van der Waals surface area contributed by atoms with Crippen LogP contribution < -0.4 is 16.1 Å². The number of amides is 2. The van der Waals surface area contributed by atoms with E-state index in [0.717, 1.165) is 30.6 Å². The minimum Gasteiger partial charge on any atom is -0.354 e. The van der Waals surface area contributed by atoms with Crippen LogP contribution in [0.2, 0.25) is 0 Å². The molecule has 3 N–H and O–H groups in total. The lowest BCUT2D eigenvalue weighted by molar-refractivity contribution is -0.120. The van der Waals surface area contributed by atoms with E-state index in [1.54, 1.807) is 11.3 Å². The summed E-state index contributed by atoms with van der Waals surface area (Å²) in [6.45, 7) is 1.35. The van der Waals surface area contributed by atoms with Gasteiger partial charge in [0.15, 0.2) is 0 Å². The number of nitrogens with one attached hydrogen (secondary N) is 3. The molecule has 23 heavy (non-hydrogen) atoms. The van der Waals surface area contributed by atoms with Crippen molar-refractivity contribution in [1.82, 2.24) is 16.1 Å². The standard InChI is InChI=1S/C16H21N3O3S/c20-15-12(5-7-17-15)18-16(21)14-10-4-2-1-3-9(10)13(23-14)11-6-8-22-19-11/h11-12,19H,1-8H2,(H,17,20)(H,18,21). The topological polar surface area (TPSA) is 79.5 Å². The molecule has 124 valence electrons. The van der Waals surface area contributed by atoms with Gasteiger partial charge >= 0.3 is 0 Å². The number of hydrogen-bond donors (Lipinski definition) is 3. The number of carbonyl (C=O) groups is 2. The molecule has 2 unspecified atom stereocenters. The van der Waals surface area contributed by atoms with Crippen molar-refractivity contribution < 1.29 is 14.4 Å². The van der Waals surface area contributed by atoms with E-state index in [0.29, 0.717) is 19.6 Å². The first-order valence-electron chi connectivity index (χ1n) is 8.34. The van der Waals surface area contributed by atoms with Crippen molar-refractivity contribution in [2.24, 2.45) is 0 Å². The third-order valence-corrected chi connectivity index (χ3v) is 6.25. The van der Waals surface area contributed by atoms with Crippen LogP contribution in [-0.4, -0.2) is 31.0 Å². The minimum absolute atomic E-state index is 0.0742. The van der Waals surface area contributed by atoms with E-state index >= 15 is 0 Å². The fourth-order valence-electron chi connectivity index (χ4n) is 3.66. The third kappa shape index (κ3) is 2.77. The van der Waals surface area contributed by atoms with Gasteiger partial charge in [0.25, 0.3) is 5.91 Å². The second-order valence-electron chi connectivity index (χ2n) is 6.37. The lowest BCUT2D eigenvalue weighted by Gasteiger charge is -2.16. The molecule has 2 saturated heterocycles. The molecule has 1 aromatic rings. The van der Waals surface area contributed by atoms with E-state index in [2.05, 4.69) is 16.1 Å². The second-order valence-corrected chi connectivity index (χ2v) is 7.43. The monoisotopic (exact) mass is 335 g/mol. The maximum absolute atomic E-state index is 12.7. The van der Waals surface area contributed by atoms with Gasteiger partial charge in [-0.25, -0.2) is 0 Å². The lowest BCUT2D eigenvalue weighted by Crippen LogP contribution is -2.40. The molecule has 0 radical (unpaired) electrons. The molecule has 7 heteroatoms. The average Bonchev–Trinajstić information content (AvgIpc) is 3.27. The van der Waals surface area contributed by atoms with Crippen molar-refractivity contribution in [3.05, 3.63) is 20.9 Å². The molecule has 1 aromatic heterocycles. The van der Waals surface area contributed by atoms with Crippen LogP contribution in [0.15, 0.2) is 0 Å². The maximum Gasteiger partial charge on any atom is 0.262 e. The van der Waals surface area contributed by atoms with Gasteiger partial charge in [0.05, 0.1) is 17.5 Å². The highest BCUT2D eigenvalue weighted by atomic mass is 32.1. The van der Waals surface area contributed by atoms with Crippen molar-refractivity contribution >= 4 is 23.2 Å². The van der Waals surface area contributed by atoms with Gasteiger partial charge in [0.2, 0.25) is 5.91 Å². The van der Waals surface area contributed by atoms with Gasteiger partial charge in [-0.1, -0.05) is 0 Å². The molecule has 2 aliphatic heterocycles. The Hall–Kier alpha value is -1.44. The van der Waals surface area contributed by atoms with Crippen molar-refractivity contribution in [2.45, 2.75) is 50.6 Å². The normalized spacial score (nSPS) is 26.9. The number of hydroxylamine groups is 1. The summed E-state index contributed by atoms with van der Waals surface area (Å²) in [5.74, 6) is -0.171. The smallest absolute Gasteiger partial charge is 0.262 e. The van der Waals surface area contributed by atoms with Gasteiger partial charge in [0, 0.05) is 11.4 Å². The predicted octanol–water partition coefficient (Wildman–Crippen LogP) is 1.21. The van der Waals surface area contributed by atoms with Crippen LogP contribution in [0.5, 0.6) is 0 Å². The van der Waals surface area contributed by atoms with E-state index < -0.39 is 0 Å². The zero-order chi connectivity index (χ0) is 15.8. The van der Waals surface area contributed by atoms with Crippen LogP contribution in [0.4, 0.5) is 0 Å². The van der Waals surface area contributed by atoms with Gasteiger partial charge in [-0.15, -0.1) is 11.3 Å². The number of rotatable bonds is 3. The molecule has 0 saturated carbocycles. The zero-order valence-corrected chi connectivity index (χ0v) is 13.8. The first-order chi connectivity index (χ1) is 11.2. The molecule has 3 aliphatic rings. The van der Waals surface area contributed by atoms with Gasteiger partial charge in [0.1, 0.15) is 6.04 Å². The lowest BCUT2D eigenvalue weighted by atomic mass is 9.90. The fourth-order valence-corrected chi connectivity index (χ4v) is 5.04. The second kappa shape index (κ2) is 6.22. The SMILES string of the molecule is O=C(NC1CCNC1=O)c1sc(C2CCON2)c2c1CCCC2. The van der Waals surface area contributed by atoms with Crippen LogP contribution in [0.25, 0.3) is 0 Å². The quantitative estimate of drug-likeness (QED) is 0.776. The molecule has 3 heterocycles. The molecule has 0 aromatic carbocycles. The Balaban J connectivity index is 1.62. The third-order valence-electron chi connectivity index (χ3n) is 4.86. The first-order valence-corrected chi connectivity index (χ1v) is 9.16. The van der Waals surface area contributed by atoms with E-state index in [9.17, 15) is 9.59 Å². The van der Waals surface area contributed by atoms with Gasteiger partial charge in [-0.05, 0) is 49.7 Å². The summed E-state index contributed by atoms with van der Waals surface area (Å²) >= 11 is 1.58. The molecule has 1 aliphatic carbocycles. The summed E-state index contributed by atoms with van der Waals surface area (Å²) in [5, 5.41) is 5.67. The predicted molar refractivity (Wildman–Crippen MR) is 86.3 cm³/mol. The zero-order valence-electron chi connectivity index (χ0n) is 12.9. The highest BCUT2D eigenvalue weighted by molar-refractivity contribution is 7.14. The Kier molecular flexibility index (Phi) is 4.09. The Morgan fingerprint density at radius 2 is 2.04 bits per heavy atom. The molecular formula is C16H21N3O3S. The average molecular weight is 335 g/mol. The Labute approximate surface area is 138 Å². The molecule has 0 bridgehead atoms. The Morgan fingerprint density at radius 1 is 1.22 bits per heavy atom. The largest absolute Gasteiger partial charge is 0.354 e. The molecule has 0 spiro atoms. The highest BCUT2D eigenvalue weighted by Crippen LogP contribution is 2.39. The number of thiophene rings is 1. The summed E-state index contributed by atoms with van der Waals surface area (Å²) < 4.78 is 0. The summed E-state index contributed by atoms with van der Waals surface area (Å²) in [5.41, 5.74) is 5.60. The van der Waals surface area contributed by atoms with Gasteiger partial charge in [-0.2, -0.15) is 5.48 Å². The van der Waals surface area contributed by atoms with Crippen molar-refractivity contribution in [3.8, 4) is 0 Å². The fraction of sp³-hybridized carbons (Fsp3) is 0.625. The van der Waals surface area contributed by atoms with E-state index in [1.165, 1.54) is 22.4 Å². The summed E-state index contributed by atoms with van der Waals surface area (Å²) in [7, 11) is 0. The molecule has 6 nitrogen and oxygen atoms in total. The number of carbonyl (C=O) groups excluding carboxylic acids is 2. The molecule has 2 atom stereocenters. The van der Waals surface area contributed by atoms with Crippen LogP contribution in [-0.2, 0) is 22.5 Å². The van der Waals surface area contributed by atoms with Crippen molar-refractivity contribution in [3.63, 3.8) is 0 Å². The van der Waals surface area contributed by atoms with Gasteiger partial charge < -0.3 is 15.5 Å². The molecular weight excluding hydrogens is 314 g/mol. The molecule has 2 fully saturated rings. The Morgan fingerprint density at radius 3 is 2.74 bits per heavy atom. The molecule has 2 amide bonds. The van der Waals surface area contributed by atoms with E-state index in [1.807, 2.05) is 0 Å². The van der Waals surface area contributed by atoms with E-state index in [-0.39, 0.29) is 23.9 Å². The van der Waals surface area contributed by atoms with Crippen LogP contribution in [0.1, 0.15) is 57.4 Å².